The van der Waals surface area contributed by atoms with Gasteiger partial charge in [-0.25, -0.2) is 0 Å². The van der Waals surface area contributed by atoms with E-state index in [2.05, 4.69) is 13.0 Å². The molecule has 1 rings (SSSR count). The molecule has 0 spiro atoms. The van der Waals surface area contributed by atoms with Crippen LogP contribution in [0.1, 0.15) is 38.2 Å². The van der Waals surface area contributed by atoms with E-state index in [1.807, 2.05) is 12.1 Å². The van der Waals surface area contributed by atoms with Crippen LogP contribution in [0.25, 0.3) is 0 Å². The van der Waals surface area contributed by atoms with Gasteiger partial charge in [0.25, 0.3) is 6.47 Å². The molecule has 0 fully saturated rings. The molecule has 16 heavy (non-hydrogen) atoms. The standard InChI is InChI=1S/C12H18O.CH2O2/c1-2-3-4-5-7-11-8-6-9-12(13)10-11;2-1-3/h6,8-10,13H,2-5,7H2,1H3;1H,(H,2,3). The maximum Gasteiger partial charge on any atom is 0.290 e. The molecule has 3 nitrogen and oxygen atoms in total. The van der Waals surface area contributed by atoms with Crippen molar-refractivity contribution >= 4 is 6.47 Å². The minimum Gasteiger partial charge on any atom is -0.508 e. The lowest BCUT2D eigenvalue weighted by atomic mass is 10.1. The molecule has 3 heteroatoms. The summed E-state index contributed by atoms with van der Waals surface area (Å²) >= 11 is 0. The van der Waals surface area contributed by atoms with Gasteiger partial charge in [-0.2, -0.15) is 0 Å². The smallest absolute Gasteiger partial charge is 0.290 e. The Balaban J connectivity index is 0.000000673. The molecular weight excluding hydrogens is 204 g/mol. The highest BCUT2D eigenvalue weighted by Crippen LogP contribution is 2.13. The molecule has 1 aromatic rings. The van der Waals surface area contributed by atoms with Gasteiger partial charge >= 0.3 is 0 Å². The van der Waals surface area contributed by atoms with Gasteiger partial charge in [0, 0.05) is 0 Å². The molecule has 1 aromatic carbocycles. The molecule has 0 amide bonds. The molecule has 0 aliphatic carbocycles. The Bertz CT molecular complexity index is 284. The largest absolute Gasteiger partial charge is 0.508 e. The highest BCUT2D eigenvalue weighted by atomic mass is 16.3. The quantitative estimate of drug-likeness (QED) is 0.596. The van der Waals surface area contributed by atoms with E-state index in [-0.39, 0.29) is 6.47 Å². The summed E-state index contributed by atoms with van der Waals surface area (Å²) in [6.07, 6.45) is 6.22. The third-order valence-corrected chi connectivity index (χ3v) is 2.23. The molecule has 0 aromatic heterocycles. The SMILES string of the molecule is CCCCCCc1cccc(O)c1.O=CO. The Labute approximate surface area is 96.7 Å². The van der Waals surface area contributed by atoms with E-state index in [1.165, 1.54) is 31.2 Å². The molecule has 0 unspecified atom stereocenters. The number of carboxylic acid groups (broad SMARTS) is 1. The van der Waals surface area contributed by atoms with Crippen LogP contribution in [0.5, 0.6) is 5.75 Å². The van der Waals surface area contributed by atoms with Crippen LogP contribution in [0, 0.1) is 0 Å². The monoisotopic (exact) mass is 224 g/mol. The van der Waals surface area contributed by atoms with E-state index < -0.39 is 0 Å². The van der Waals surface area contributed by atoms with Crippen LogP contribution < -0.4 is 0 Å². The van der Waals surface area contributed by atoms with Crippen LogP contribution in [0.3, 0.4) is 0 Å². The van der Waals surface area contributed by atoms with Gasteiger partial charge in [-0.3, -0.25) is 4.79 Å². The molecule has 0 saturated heterocycles. The van der Waals surface area contributed by atoms with Gasteiger partial charge in [0.2, 0.25) is 0 Å². The molecule has 2 N–H and O–H groups in total. The van der Waals surface area contributed by atoms with Crippen molar-refractivity contribution in [3.05, 3.63) is 29.8 Å². The first kappa shape index (κ1) is 14.5. The summed E-state index contributed by atoms with van der Waals surface area (Å²) in [6, 6.07) is 7.55. The van der Waals surface area contributed by atoms with Crippen LogP contribution in [-0.2, 0) is 11.2 Å². The van der Waals surface area contributed by atoms with Crippen molar-refractivity contribution in [3.63, 3.8) is 0 Å². The van der Waals surface area contributed by atoms with E-state index in [0.717, 1.165) is 6.42 Å². The number of aryl methyl sites for hydroxylation is 1. The first-order chi connectivity index (χ1) is 7.74. The van der Waals surface area contributed by atoms with Gasteiger partial charge < -0.3 is 10.2 Å². The van der Waals surface area contributed by atoms with Gasteiger partial charge in [-0.15, -0.1) is 0 Å². The summed E-state index contributed by atoms with van der Waals surface area (Å²) in [5.41, 5.74) is 1.25. The zero-order valence-electron chi connectivity index (χ0n) is 9.72. The van der Waals surface area contributed by atoms with Crippen LogP contribution in [0.2, 0.25) is 0 Å². The van der Waals surface area contributed by atoms with Gasteiger partial charge in [-0.05, 0) is 30.5 Å². The molecule has 0 radical (unpaired) electrons. The average Bonchev–Trinajstić information content (AvgIpc) is 2.26. The Morgan fingerprint density at radius 3 is 2.50 bits per heavy atom. The summed E-state index contributed by atoms with van der Waals surface area (Å²) in [5, 5.41) is 16.1. The fraction of sp³-hybridized carbons (Fsp3) is 0.462. The Kier molecular flexibility index (Phi) is 9.08. The van der Waals surface area contributed by atoms with E-state index in [0.29, 0.717) is 5.75 Å². The minimum absolute atomic E-state index is 0.250. The van der Waals surface area contributed by atoms with Crippen molar-refractivity contribution in [2.45, 2.75) is 39.0 Å². The fourth-order valence-electron chi connectivity index (χ4n) is 1.47. The second kappa shape index (κ2) is 10.0. The van der Waals surface area contributed by atoms with Crippen LogP contribution in [0.4, 0.5) is 0 Å². The van der Waals surface area contributed by atoms with Crippen molar-refractivity contribution in [1.29, 1.82) is 0 Å². The van der Waals surface area contributed by atoms with Gasteiger partial charge in [0.1, 0.15) is 5.75 Å². The zero-order chi connectivity index (χ0) is 12.2. The van der Waals surface area contributed by atoms with E-state index in [4.69, 9.17) is 9.90 Å². The lowest BCUT2D eigenvalue weighted by molar-refractivity contribution is -0.122. The number of benzene rings is 1. The fourth-order valence-corrected chi connectivity index (χ4v) is 1.47. The molecule has 0 atom stereocenters. The van der Waals surface area contributed by atoms with Gasteiger partial charge in [-0.1, -0.05) is 38.3 Å². The third-order valence-electron chi connectivity index (χ3n) is 2.23. The minimum atomic E-state index is -0.250. The van der Waals surface area contributed by atoms with Crippen LogP contribution >= 0.6 is 0 Å². The topological polar surface area (TPSA) is 57.5 Å². The summed E-state index contributed by atoms with van der Waals surface area (Å²) in [5.74, 6) is 0.382. The second-order valence-corrected chi connectivity index (χ2v) is 3.59. The summed E-state index contributed by atoms with van der Waals surface area (Å²) < 4.78 is 0. The Morgan fingerprint density at radius 1 is 1.25 bits per heavy atom. The molecule has 0 aliphatic heterocycles. The molecular formula is C13H20O3. The van der Waals surface area contributed by atoms with Gasteiger partial charge in [0.15, 0.2) is 0 Å². The predicted molar refractivity (Wildman–Crippen MR) is 64.6 cm³/mol. The number of phenolic OH excluding ortho intramolecular Hbond substituents is 1. The normalized spacial score (nSPS) is 9.06. The number of rotatable bonds is 5. The number of hydrogen-bond acceptors (Lipinski definition) is 2. The number of phenols is 1. The van der Waals surface area contributed by atoms with Crippen molar-refractivity contribution in [1.82, 2.24) is 0 Å². The lowest BCUT2D eigenvalue weighted by Crippen LogP contribution is -1.84. The zero-order valence-corrected chi connectivity index (χ0v) is 9.72. The van der Waals surface area contributed by atoms with Crippen LogP contribution in [0.15, 0.2) is 24.3 Å². The highest BCUT2D eigenvalue weighted by Gasteiger charge is 1.94. The first-order valence-corrected chi connectivity index (χ1v) is 5.60. The maximum absolute atomic E-state index is 9.22. The highest BCUT2D eigenvalue weighted by molar-refractivity contribution is 5.32. The van der Waals surface area contributed by atoms with E-state index in [9.17, 15) is 5.11 Å². The number of unbranched alkanes of at least 4 members (excludes halogenated alkanes) is 3. The molecule has 0 saturated carbocycles. The summed E-state index contributed by atoms with van der Waals surface area (Å²) in [7, 11) is 0. The predicted octanol–water partition coefficient (Wildman–Crippen LogP) is 3.22. The van der Waals surface area contributed by atoms with E-state index in [1.54, 1.807) is 6.07 Å². The summed E-state index contributed by atoms with van der Waals surface area (Å²) in [6.45, 7) is 1.97. The van der Waals surface area contributed by atoms with Crippen molar-refractivity contribution in [2.24, 2.45) is 0 Å². The molecule has 90 valence electrons. The lowest BCUT2D eigenvalue weighted by Gasteiger charge is -2.01. The van der Waals surface area contributed by atoms with Crippen molar-refractivity contribution in [2.75, 3.05) is 0 Å². The Hall–Kier alpha value is -1.51. The van der Waals surface area contributed by atoms with Crippen molar-refractivity contribution < 1.29 is 15.0 Å². The maximum atomic E-state index is 9.22. The van der Waals surface area contributed by atoms with Crippen molar-refractivity contribution in [3.8, 4) is 5.75 Å². The second-order valence-electron chi connectivity index (χ2n) is 3.59. The van der Waals surface area contributed by atoms with Gasteiger partial charge in [0.05, 0.1) is 0 Å². The average molecular weight is 224 g/mol. The summed E-state index contributed by atoms with van der Waals surface area (Å²) in [4.78, 5) is 8.36. The first-order valence-electron chi connectivity index (χ1n) is 5.60. The van der Waals surface area contributed by atoms with Crippen LogP contribution in [-0.4, -0.2) is 16.7 Å². The molecule has 0 heterocycles. The Morgan fingerprint density at radius 2 is 1.94 bits per heavy atom. The molecule has 0 aliphatic rings. The molecule has 0 bridgehead atoms. The number of carbonyl (C=O) groups is 1. The number of hydrogen-bond donors (Lipinski definition) is 2. The van der Waals surface area contributed by atoms with E-state index >= 15 is 0 Å². The third kappa shape index (κ3) is 7.85. The number of aromatic hydroxyl groups is 1.